The van der Waals surface area contributed by atoms with Crippen molar-refractivity contribution < 1.29 is 18.7 Å². The van der Waals surface area contributed by atoms with Crippen molar-refractivity contribution in [2.24, 2.45) is 11.8 Å². The standard InChI is InChI=1S/C14H18F2N2O2/c15-11-5-12(16)13(17)4-10(11)14(20)18-6-8-2-1-3-9(8)7-19/h4-5,8-9,19H,1-3,6-7,17H2,(H,18,20). The molecule has 1 saturated carbocycles. The lowest BCUT2D eigenvalue weighted by Gasteiger charge is -2.18. The molecule has 0 aliphatic heterocycles. The SMILES string of the molecule is Nc1cc(C(=O)NCC2CCCC2CO)c(F)cc1F. The first-order valence-electron chi connectivity index (χ1n) is 6.66. The monoisotopic (exact) mass is 284 g/mol. The molecule has 1 amide bonds. The number of rotatable bonds is 4. The largest absolute Gasteiger partial charge is 0.396 e. The van der Waals surface area contributed by atoms with Crippen molar-refractivity contribution in [3.05, 3.63) is 29.3 Å². The lowest BCUT2D eigenvalue weighted by atomic mass is 9.97. The van der Waals surface area contributed by atoms with E-state index in [9.17, 15) is 18.7 Å². The fourth-order valence-electron chi connectivity index (χ4n) is 2.68. The molecule has 0 radical (unpaired) electrons. The average Bonchev–Trinajstić information content (AvgIpc) is 2.87. The molecular formula is C14H18F2N2O2. The molecule has 110 valence electrons. The predicted octanol–water partition coefficient (Wildman–Crippen LogP) is 1.69. The number of carbonyl (C=O) groups excluding carboxylic acids is 1. The molecule has 1 aliphatic carbocycles. The number of aliphatic hydroxyl groups is 1. The second-order valence-corrected chi connectivity index (χ2v) is 5.20. The number of nitrogens with two attached hydrogens (primary N) is 1. The van der Waals surface area contributed by atoms with E-state index < -0.39 is 17.5 Å². The first kappa shape index (κ1) is 14.7. The van der Waals surface area contributed by atoms with Gasteiger partial charge in [0.05, 0.1) is 11.3 Å². The maximum atomic E-state index is 13.5. The molecule has 4 nitrogen and oxygen atoms in total. The summed E-state index contributed by atoms with van der Waals surface area (Å²) in [5.41, 5.74) is 4.81. The summed E-state index contributed by atoms with van der Waals surface area (Å²) in [5.74, 6) is -2.05. The third kappa shape index (κ3) is 3.07. The van der Waals surface area contributed by atoms with Crippen molar-refractivity contribution in [2.45, 2.75) is 19.3 Å². The van der Waals surface area contributed by atoms with E-state index in [1.165, 1.54) is 0 Å². The molecule has 1 aliphatic rings. The lowest BCUT2D eigenvalue weighted by molar-refractivity contribution is 0.0933. The summed E-state index contributed by atoms with van der Waals surface area (Å²) in [4.78, 5) is 11.9. The minimum Gasteiger partial charge on any atom is -0.396 e. The molecule has 0 spiro atoms. The molecule has 4 N–H and O–H groups in total. The van der Waals surface area contributed by atoms with Crippen LogP contribution < -0.4 is 11.1 Å². The van der Waals surface area contributed by atoms with Crippen LogP contribution in [0.25, 0.3) is 0 Å². The Bertz CT molecular complexity index is 508. The van der Waals surface area contributed by atoms with Crippen LogP contribution in [0.15, 0.2) is 12.1 Å². The third-order valence-electron chi connectivity index (χ3n) is 3.91. The molecule has 6 heteroatoms. The quantitative estimate of drug-likeness (QED) is 0.736. The molecule has 0 heterocycles. The Balaban J connectivity index is 2.00. The zero-order valence-corrected chi connectivity index (χ0v) is 11.0. The Labute approximate surface area is 116 Å². The molecule has 20 heavy (non-hydrogen) atoms. The summed E-state index contributed by atoms with van der Waals surface area (Å²) < 4.78 is 26.6. The fourth-order valence-corrected chi connectivity index (χ4v) is 2.68. The molecule has 1 fully saturated rings. The number of benzene rings is 1. The molecule has 0 aromatic heterocycles. The molecular weight excluding hydrogens is 266 g/mol. The van der Waals surface area contributed by atoms with Crippen LogP contribution >= 0.6 is 0 Å². The maximum absolute atomic E-state index is 13.5. The van der Waals surface area contributed by atoms with Gasteiger partial charge in [-0.15, -0.1) is 0 Å². The first-order valence-corrected chi connectivity index (χ1v) is 6.66. The minimum absolute atomic E-state index is 0.0956. The van der Waals surface area contributed by atoms with Crippen LogP contribution in [0.2, 0.25) is 0 Å². The predicted molar refractivity (Wildman–Crippen MR) is 71.0 cm³/mol. The second-order valence-electron chi connectivity index (χ2n) is 5.20. The van der Waals surface area contributed by atoms with Crippen LogP contribution in [0.5, 0.6) is 0 Å². The van der Waals surface area contributed by atoms with Crippen molar-refractivity contribution in [1.29, 1.82) is 0 Å². The Hall–Kier alpha value is -1.69. The number of nitrogen functional groups attached to an aromatic ring is 1. The van der Waals surface area contributed by atoms with Gasteiger partial charge in [-0.3, -0.25) is 4.79 Å². The molecule has 1 aromatic rings. The van der Waals surface area contributed by atoms with E-state index in [1.807, 2.05) is 0 Å². The Morgan fingerprint density at radius 2 is 2.00 bits per heavy atom. The summed E-state index contributed by atoms with van der Waals surface area (Å²) in [6.45, 7) is 0.471. The van der Waals surface area contributed by atoms with Crippen molar-refractivity contribution in [1.82, 2.24) is 5.32 Å². The van der Waals surface area contributed by atoms with Gasteiger partial charge in [-0.25, -0.2) is 8.78 Å². The van der Waals surface area contributed by atoms with Crippen molar-refractivity contribution in [3.8, 4) is 0 Å². The highest BCUT2D eigenvalue weighted by molar-refractivity contribution is 5.95. The van der Waals surface area contributed by atoms with Gasteiger partial charge in [0.15, 0.2) is 0 Å². The molecule has 2 unspecified atom stereocenters. The number of aliphatic hydroxyl groups excluding tert-OH is 1. The lowest BCUT2D eigenvalue weighted by Crippen LogP contribution is -2.32. The van der Waals surface area contributed by atoms with E-state index in [1.54, 1.807) is 0 Å². The van der Waals surface area contributed by atoms with Gasteiger partial charge in [-0.1, -0.05) is 6.42 Å². The van der Waals surface area contributed by atoms with E-state index in [2.05, 4.69) is 5.32 Å². The van der Waals surface area contributed by atoms with Crippen LogP contribution in [0.1, 0.15) is 29.6 Å². The van der Waals surface area contributed by atoms with E-state index in [0.29, 0.717) is 12.6 Å². The number of hydrogen-bond acceptors (Lipinski definition) is 3. The highest BCUT2D eigenvalue weighted by atomic mass is 19.1. The van der Waals surface area contributed by atoms with E-state index in [4.69, 9.17) is 5.73 Å². The van der Waals surface area contributed by atoms with Crippen LogP contribution in [0.4, 0.5) is 14.5 Å². The van der Waals surface area contributed by atoms with E-state index in [-0.39, 0.29) is 29.7 Å². The van der Waals surface area contributed by atoms with E-state index >= 15 is 0 Å². The second kappa shape index (κ2) is 6.17. The van der Waals surface area contributed by atoms with Gasteiger partial charge in [0, 0.05) is 19.2 Å². The number of anilines is 1. The fraction of sp³-hybridized carbons (Fsp3) is 0.500. The summed E-state index contributed by atoms with van der Waals surface area (Å²) in [6.07, 6.45) is 2.89. The van der Waals surface area contributed by atoms with Crippen molar-refractivity contribution >= 4 is 11.6 Å². The molecule has 0 saturated heterocycles. The van der Waals surface area contributed by atoms with Gasteiger partial charge in [-0.05, 0) is 30.7 Å². The van der Waals surface area contributed by atoms with Crippen LogP contribution in [-0.4, -0.2) is 24.2 Å². The van der Waals surface area contributed by atoms with Crippen molar-refractivity contribution in [3.63, 3.8) is 0 Å². The number of carbonyl (C=O) groups is 1. The summed E-state index contributed by atoms with van der Waals surface area (Å²) in [7, 11) is 0. The third-order valence-corrected chi connectivity index (χ3v) is 3.91. The van der Waals surface area contributed by atoms with Gasteiger partial charge in [-0.2, -0.15) is 0 Å². The first-order chi connectivity index (χ1) is 9.52. The molecule has 2 rings (SSSR count). The summed E-state index contributed by atoms with van der Waals surface area (Å²) in [5, 5.41) is 11.8. The van der Waals surface area contributed by atoms with Gasteiger partial charge in [0.25, 0.3) is 5.91 Å². The Morgan fingerprint density at radius 1 is 1.30 bits per heavy atom. The number of amides is 1. The summed E-state index contributed by atoms with van der Waals surface area (Å²) >= 11 is 0. The minimum atomic E-state index is -0.931. The Morgan fingerprint density at radius 3 is 2.70 bits per heavy atom. The highest BCUT2D eigenvalue weighted by Gasteiger charge is 2.27. The van der Waals surface area contributed by atoms with Gasteiger partial charge in [0.2, 0.25) is 0 Å². The highest BCUT2D eigenvalue weighted by Crippen LogP contribution is 2.30. The van der Waals surface area contributed by atoms with Crippen molar-refractivity contribution in [2.75, 3.05) is 18.9 Å². The van der Waals surface area contributed by atoms with Crippen LogP contribution in [0, 0.1) is 23.5 Å². The maximum Gasteiger partial charge on any atom is 0.254 e. The smallest absolute Gasteiger partial charge is 0.254 e. The Kier molecular flexibility index (Phi) is 4.54. The number of hydrogen-bond donors (Lipinski definition) is 3. The normalized spacial score (nSPS) is 21.9. The van der Waals surface area contributed by atoms with Gasteiger partial charge in [0.1, 0.15) is 11.6 Å². The molecule has 2 atom stereocenters. The molecule has 1 aromatic carbocycles. The van der Waals surface area contributed by atoms with Gasteiger partial charge >= 0.3 is 0 Å². The van der Waals surface area contributed by atoms with Crippen LogP contribution in [0.3, 0.4) is 0 Å². The number of halogens is 2. The topological polar surface area (TPSA) is 75.4 Å². The zero-order chi connectivity index (χ0) is 14.7. The van der Waals surface area contributed by atoms with Crippen LogP contribution in [-0.2, 0) is 0 Å². The molecule has 0 bridgehead atoms. The average molecular weight is 284 g/mol. The van der Waals surface area contributed by atoms with E-state index in [0.717, 1.165) is 25.3 Å². The number of nitrogens with one attached hydrogen (secondary N) is 1. The summed E-state index contributed by atoms with van der Waals surface area (Å²) in [6, 6.07) is 1.61. The van der Waals surface area contributed by atoms with Gasteiger partial charge < -0.3 is 16.2 Å². The zero-order valence-electron chi connectivity index (χ0n) is 11.0.